The minimum atomic E-state index is 0.542. The summed E-state index contributed by atoms with van der Waals surface area (Å²) >= 11 is 12.3. The van der Waals surface area contributed by atoms with Crippen LogP contribution in [0.15, 0.2) is 42.5 Å². The van der Waals surface area contributed by atoms with Gasteiger partial charge >= 0.3 is 0 Å². The van der Waals surface area contributed by atoms with E-state index in [2.05, 4.69) is 10.3 Å². The summed E-state index contributed by atoms with van der Waals surface area (Å²) in [6.45, 7) is 0.596. The van der Waals surface area contributed by atoms with Gasteiger partial charge in [-0.3, -0.25) is 0 Å². The van der Waals surface area contributed by atoms with Crippen LogP contribution in [0.1, 0.15) is 5.56 Å². The molecule has 0 spiro atoms. The second kappa shape index (κ2) is 7.16. The predicted octanol–water partition coefficient (Wildman–Crippen LogP) is 5.17. The first-order valence-corrected chi connectivity index (χ1v) is 8.07. The highest BCUT2D eigenvalue weighted by molar-refractivity contribution is 6.32. The number of hydrogen-bond donors (Lipinski definition) is 1. The van der Waals surface area contributed by atoms with E-state index in [1.165, 1.54) is 0 Å². The fraction of sp³-hybridized carbons (Fsp3) is 0.167. The average Bonchev–Trinajstić information content (AvgIpc) is 2.59. The van der Waals surface area contributed by atoms with Crippen LogP contribution >= 0.6 is 23.2 Å². The number of fused-ring (bicyclic) bond motifs is 1. The van der Waals surface area contributed by atoms with Gasteiger partial charge in [0.25, 0.3) is 0 Å². The van der Waals surface area contributed by atoms with Gasteiger partial charge in [0, 0.05) is 28.7 Å². The van der Waals surface area contributed by atoms with Gasteiger partial charge in [-0.25, -0.2) is 4.98 Å². The summed E-state index contributed by atoms with van der Waals surface area (Å²) in [6, 6.07) is 13.1. The Labute approximate surface area is 150 Å². The number of benzene rings is 2. The number of nitrogens with one attached hydrogen (secondary N) is 1. The van der Waals surface area contributed by atoms with Gasteiger partial charge in [-0.1, -0.05) is 29.3 Å². The van der Waals surface area contributed by atoms with E-state index in [0.717, 1.165) is 22.2 Å². The Bertz CT molecular complexity index is 884. The van der Waals surface area contributed by atoms with Crippen molar-refractivity contribution in [2.24, 2.45) is 0 Å². The molecule has 2 aromatic carbocycles. The van der Waals surface area contributed by atoms with Crippen molar-refractivity contribution >= 4 is 39.8 Å². The topological polar surface area (TPSA) is 43.4 Å². The second-order valence-electron chi connectivity index (χ2n) is 5.20. The molecule has 4 nitrogen and oxygen atoms in total. The highest BCUT2D eigenvalue weighted by Gasteiger charge is 2.08. The molecular formula is C18H16Cl2N2O2. The summed E-state index contributed by atoms with van der Waals surface area (Å²) < 4.78 is 10.4. The molecule has 0 bridgehead atoms. The summed E-state index contributed by atoms with van der Waals surface area (Å²) in [4.78, 5) is 4.43. The quantitative estimate of drug-likeness (QED) is 0.679. The van der Waals surface area contributed by atoms with Gasteiger partial charge in [-0.15, -0.1) is 0 Å². The molecule has 1 N–H and O–H groups in total. The SMILES string of the molecule is COc1cc(NCc2ccc(OC)c(Cl)c2)c2cc(Cl)ccc2n1. The van der Waals surface area contributed by atoms with Crippen LogP contribution in [0.3, 0.4) is 0 Å². The fourth-order valence-electron chi connectivity index (χ4n) is 2.44. The summed E-state index contributed by atoms with van der Waals surface area (Å²) in [7, 11) is 3.19. The Morgan fingerprint density at radius 1 is 1.00 bits per heavy atom. The highest BCUT2D eigenvalue weighted by Crippen LogP contribution is 2.30. The molecular weight excluding hydrogens is 347 g/mol. The third-order valence-electron chi connectivity index (χ3n) is 3.66. The number of nitrogens with zero attached hydrogens (tertiary/aromatic N) is 1. The number of methoxy groups -OCH3 is 2. The van der Waals surface area contributed by atoms with E-state index in [9.17, 15) is 0 Å². The fourth-order valence-corrected chi connectivity index (χ4v) is 2.89. The zero-order chi connectivity index (χ0) is 17.1. The van der Waals surface area contributed by atoms with Crippen LogP contribution in [0.2, 0.25) is 10.0 Å². The lowest BCUT2D eigenvalue weighted by atomic mass is 10.1. The third-order valence-corrected chi connectivity index (χ3v) is 4.19. The van der Waals surface area contributed by atoms with E-state index in [1.807, 2.05) is 42.5 Å². The van der Waals surface area contributed by atoms with Gasteiger partial charge in [0.1, 0.15) is 5.75 Å². The number of hydrogen-bond acceptors (Lipinski definition) is 4. The van der Waals surface area contributed by atoms with Crippen LogP contribution in [0.25, 0.3) is 10.9 Å². The zero-order valence-corrected chi connectivity index (χ0v) is 14.8. The summed E-state index contributed by atoms with van der Waals surface area (Å²) in [5.41, 5.74) is 2.74. The van der Waals surface area contributed by atoms with Gasteiger partial charge in [-0.2, -0.15) is 0 Å². The third kappa shape index (κ3) is 3.50. The normalized spacial score (nSPS) is 10.7. The molecule has 3 aromatic rings. The van der Waals surface area contributed by atoms with E-state index >= 15 is 0 Å². The van der Waals surface area contributed by atoms with Crippen molar-refractivity contribution in [3.63, 3.8) is 0 Å². The maximum absolute atomic E-state index is 6.17. The van der Waals surface area contributed by atoms with Crippen molar-refractivity contribution in [2.45, 2.75) is 6.54 Å². The molecule has 0 unspecified atom stereocenters. The van der Waals surface area contributed by atoms with Crippen LogP contribution in [0, 0.1) is 0 Å². The molecule has 0 fully saturated rings. The molecule has 0 radical (unpaired) electrons. The molecule has 0 atom stereocenters. The number of aromatic nitrogens is 1. The summed E-state index contributed by atoms with van der Waals surface area (Å²) in [6.07, 6.45) is 0. The molecule has 0 aliphatic rings. The average molecular weight is 363 g/mol. The predicted molar refractivity (Wildman–Crippen MR) is 98.6 cm³/mol. The lowest BCUT2D eigenvalue weighted by Crippen LogP contribution is -2.02. The van der Waals surface area contributed by atoms with E-state index < -0.39 is 0 Å². The molecule has 0 amide bonds. The molecule has 24 heavy (non-hydrogen) atoms. The maximum atomic E-state index is 6.17. The molecule has 1 heterocycles. The van der Waals surface area contributed by atoms with Gasteiger partial charge in [0.05, 0.1) is 24.8 Å². The van der Waals surface area contributed by atoms with Crippen LogP contribution in [0.5, 0.6) is 11.6 Å². The second-order valence-corrected chi connectivity index (χ2v) is 6.04. The molecule has 1 aromatic heterocycles. The summed E-state index contributed by atoms with van der Waals surface area (Å²) in [5, 5.41) is 5.56. The number of rotatable bonds is 5. The van der Waals surface area contributed by atoms with Gasteiger partial charge in [0.2, 0.25) is 5.88 Å². The number of ether oxygens (including phenoxy) is 2. The summed E-state index contributed by atoms with van der Waals surface area (Å²) in [5.74, 6) is 1.20. The largest absolute Gasteiger partial charge is 0.495 e. The molecule has 3 rings (SSSR count). The number of anilines is 1. The Morgan fingerprint density at radius 2 is 1.83 bits per heavy atom. The smallest absolute Gasteiger partial charge is 0.215 e. The van der Waals surface area contributed by atoms with Crippen molar-refractivity contribution in [1.29, 1.82) is 0 Å². The van der Waals surface area contributed by atoms with Crippen molar-refractivity contribution in [3.05, 3.63) is 58.1 Å². The van der Waals surface area contributed by atoms with Crippen LogP contribution in [0.4, 0.5) is 5.69 Å². The standard InChI is InChI=1S/C18H16Cl2N2O2/c1-23-17-6-3-11(7-14(17)20)10-21-16-9-18(24-2)22-15-5-4-12(19)8-13(15)16/h3-9H,10H2,1-2H3,(H,21,22). The first-order valence-electron chi connectivity index (χ1n) is 7.31. The van der Waals surface area contributed by atoms with Gasteiger partial charge in [-0.05, 0) is 35.9 Å². The molecule has 6 heteroatoms. The Kier molecular flexibility index (Phi) is 4.97. The van der Waals surface area contributed by atoms with E-state index in [4.69, 9.17) is 32.7 Å². The molecule has 0 aliphatic heterocycles. The Morgan fingerprint density at radius 3 is 2.54 bits per heavy atom. The van der Waals surface area contributed by atoms with Crippen molar-refractivity contribution in [1.82, 2.24) is 4.98 Å². The minimum Gasteiger partial charge on any atom is -0.495 e. The lowest BCUT2D eigenvalue weighted by Gasteiger charge is -2.12. The zero-order valence-electron chi connectivity index (χ0n) is 13.3. The minimum absolute atomic E-state index is 0.542. The Hall–Kier alpha value is -2.17. The van der Waals surface area contributed by atoms with E-state index in [0.29, 0.717) is 28.2 Å². The molecule has 0 aliphatic carbocycles. The van der Waals surface area contributed by atoms with Crippen molar-refractivity contribution in [3.8, 4) is 11.6 Å². The molecule has 0 saturated carbocycles. The van der Waals surface area contributed by atoms with Crippen molar-refractivity contribution < 1.29 is 9.47 Å². The maximum Gasteiger partial charge on any atom is 0.215 e. The number of halogens is 2. The van der Waals surface area contributed by atoms with Gasteiger partial charge < -0.3 is 14.8 Å². The number of pyridine rings is 1. The van der Waals surface area contributed by atoms with Crippen molar-refractivity contribution in [2.75, 3.05) is 19.5 Å². The van der Waals surface area contributed by atoms with Crippen LogP contribution < -0.4 is 14.8 Å². The Balaban J connectivity index is 1.91. The van der Waals surface area contributed by atoms with Gasteiger partial charge in [0.15, 0.2) is 0 Å². The first kappa shape index (κ1) is 16.7. The lowest BCUT2D eigenvalue weighted by molar-refractivity contribution is 0.400. The van der Waals surface area contributed by atoms with Crippen LogP contribution in [-0.4, -0.2) is 19.2 Å². The van der Waals surface area contributed by atoms with Crippen LogP contribution in [-0.2, 0) is 6.54 Å². The van der Waals surface area contributed by atoms with E-state index in [1.54, 1.807) is 14.2 Å². The molecule has 0 saturated heterocycles. The highest BCUT2D eigenvalue weighted by atomic mass is 35.5. The first-order chi connectivity index (χ1) is 11.6. The molecule has 124 valence electrons. The monoisotopic (exact) mass is 362 g/mol. The van der Waals surface area contributed by atoms with E-state index in [-0.39, 0.29) is 0 Å².